The number of aromatic amines is 1. The van der Waals surface area contributed by atoms with Gasteiger partial charge in [-0.25, -0.2) is 4.98 Å². The zero-order valence-corrected chi connectivity index (χ0v) is 14.9. The van der Waals surface area contributed by atoms with Gasteiger partial charge < -0.3 is 15.0 Å². The summed E-state index contributed by atoms with van der Waals surface area (Å²) in [6.07, 6.45) is 0. The largest absolute Gasteiger partial charge is 0.495 e. The number of thioether (sulfide) groups is 1. The minimum Gasteiger partial charge on any atom is -0.495 e. The first-order valence-corrected chi connectivity index (χ1v) is 8.60. The third-order valence-corrected chi connectivity index (χ3v) is 4.66. The molecule has 1 atom stereocenters. The predicted octanol–water partition coefficient (Wildman–Crippen LogP) is 3.60. The Morgan fingerprint density at radius 2 is 2.12 bits per heavy atom. The van der Waals surface area contributed by atoms with Gasteiger partial charge in [-0.1, -0.05) is 23.9 Å². The smallest absolute Gasteiger partial charge is 0.271 e. The summed E-state index contributed by atoms with van der Waals surface area (Å²) in [6, 6.07) is 11.6. The fourth-order valence-corrected chi connectivity index (χ4v) is 3.17. The van der Waals surface area contributed by atoms with E-state index in [1.807, 2.05) is 24.3 Å². The van der Waals surface area contributed by atoms with Gasteiger partial charge in [-0.3, -0.25) is 14.9 Å². The van der Waals surface area contributed by atoms with Crippen LogP contribution in [-0.4, -0.2) is 33.2 Å². The molecular formula is C17H16N4O4S. The van der Waals surface area contributed by atoms with Crippen molar-refractivity contribution < 1.29 is 14.5 Å². The lowest BCUT2D eigenvalue weighted by molar-refractivity contribution is -0.384. The number of nitrogens with one attached hydrogen (secondary N) is 2. The van der Waals surface area contributed by atoms with Gasteiger partial charge in [-0.05, 0) is 25.1 Å². The number of nitro benzene ring substituents is 1. The van der Waals surface area contributed by atoms with Gasteiger partial charge >= 0.3 is 0 Å². The number of hydrogen-bond donors (Lipinski definition) is 2. The minimum absolute atomic E-state index is 0.126. The van der Waals surface area contributed by atoms with E-state index in [0.717, 1.165) is 11.0 Å². The molecule has 26 heavy (non-hydrogen) atoms. The lowest BCUT2D eigenvalue weighted by Crippen LogP contribution is -2.22. The van der Waals surface area contributed by atoms with Crippen molar-refractivity contribution in [3.05, 3.63) is 52.6 Å². The normalized spacial score (nSPS) is 11.9. The number of amides is 1. The first-order chi connectivity index (χ1) is 12.5. The van der Waals surface area contributed by atoms with E-state index in [-0.39, 0.29) is 17.3 Å². The van der Waals surface area contributed by atoms with Crippen molar-refractivity contribution in [1.82, 2.24) is 9.97 Å². The third kappa shape index (κ3) is 3.77. The van der Waals surface area contributed by atoms with E-state index in [1.165, 1.54) is 37.1 Å². The number of anilines is 1. The fourth-order valence-electron chi connectivity index (χ4n) is 2.35. The molecule has 0 saturated heterocycles. The third-order valence-electron chi connectivity index (χ3n) is 3.68. The molecule has 1 amide bonds. The number of rotatable bonds is 6. The summed E-state index contributed by atoms with van der Waals surface area (Å²) in [5.74, 6) is 0.0409. The van der Waals surface area contributed by atoms with E-state index in [9.17, 15) is 14.9 Å². The molecule has 3 rings (SSSR count). The lowest BCUT2D eigenvalue weighted by Gasteiger charge is -2.13. The Labute approximate surface area is 153 Å². The summed E-state index contributed by atoms with van der Waals surface area (Å²) in [7, 11) is 1.43. The minimum atomic E-state index is -0.526. The summed E-state index contributed by atoms with van der Waals surface area (Å²) in [5.41, 5.74) is 1.84. The molecule has 2 N–H and O–H groups in total. The molecule has 0 unspecified atom stereocenters. The van der Waals surface area contributed by atoms with Gasteiger partial charge in [0.05, 0.1) is 34.0 Å². The monoisotopic (exact) mass is 372 g/mol. The quantitative estimate of drug-likeness (QED) is 0.389. The van der Waals surface area contributed by atoms with Crippen LogP contribution in [0.25, 0.3) is 11.0 Å². The molecule has 0 fully saturated rings. The molecule has 0 bridgehead atoms. The second-order valence-electron chi connectivity index (χ2n) is 5.45. The number of aromatic nitrogens is 2. The van der Waals surface area contributed by atoms with E-state index >= 15 is 0 Å². The number of nitro groups is 1. The fraction of sp³-hybridized carbons (Fsp3) is 0.176. The molecule has 0 spiro atoms. The van der Waals surface area contributed by atoms with Crippen LogP contribution in [0.4, 0.5) is 11.4 Å². The van der Waals surface area contributed by atoms with Crippen molar-refractivity contribution in [2.45, 2.75) is 17.3 Å². The van der Waals surface area contributed by atoms with Crippen molar-refractivity contribution in [1.29, 1.82) is 0 Å². The van der Waals surface area contributed by atoms with Crippen LogP contribution < -0.4 is 10.1 Å². The Morgan fingerprint density at radius 3 is 2.81 bits per heavy atom. The summed E-state index contributed by atoms with van der Waals surface area (Å²) in [6.45, 7) is 1.73. The standard InChI is InChI=1S/C17H16N4O4S/c1-10(26-17-19-12-5-3-4-6-13(12)20-17)16(22)18-14-9-11(21(23)24)7-8-15(14)25-2/h3-10H,1-2H3,(H,18,22)(H,19,20)/t10-/m0/s1. The zero-order chi connectivity index (χ0) is 18.7. The lowest BCUT2D eigenvalue weighted by atomic mass is 10.2. The van der Waals surface area contributed by atoms with Crippen LogP contribution in [0.3, 0.4) is 0 Å². The summed E-state index contributed by atoms with van der Waals surface area (Å²) in [4.78, 5) is 30.5. The molecule has 0 radical (unpaired) electrons. The maximum absolute atomic E-state index is 12.5. The van der Waals surface area contributed by atoms with Crippen LogP contribution in [-0.2, 0) is 4.79 Å². The topological polar surface area (TPSA) is 110 Å². The molecule has 9 heteroatoms. The van der Waals surface area contributed by atoms with Crippen molar-refractivity contribution in [2.75, 3.05) is 12.4 Å². The predicted molar refractivity (Wildman–Crippen MR) is 99.7 cm³/mol. The van der Waals surface area contributed by atoms with Gasteiger partial charge in [0.2, 0.25) is 5.91 Å². The number of methoxy groups -OCH3 is 1. The average molecular weight is 372 g/mol. The number of fused-ring (bicyclic) bond motifs is 1. The van der Waals surface area contributed by atoms with E-state index < -0.39 is 10.2 Å². The molecule has 134 valence electrons. The maximum Gasteiger partial charge on any atom is 0.271 e. The van der Waals surface area contributed by atoms with E-state index in [1.54, 1.807) is 6.92 Å². The van der Waals surface area contributed by atoms with Gasteiger partial charge in [0, 0.05) is 12.1 Å². The summed E-state index contributed by atoms with van der Waals surface area (Å²) < 4.78 is 5.16. The van der Waals surface area contributed by atoms with E-state index in [4.69, 9.17) is 4.74 Å². The average Bonchev–Trinajstić information content (AvgIpc) is 3.03. The Bertz CT molecular complexity index is 939. The number of benzene rings is 2. The highest BCUT2D eigenvalue weighted by atomic mass is 32.2. The number of nitrogens with zero attached hydrogens (tertiary/aromatic N) is 2. The Hall–Kier alpha value is -3.07. The Morgan fingerprint density at radius 1 is 1.35 bits per heavy atom. The van der Waals surface area contributed by atoms with E-state index in [2.05, 4.69) is 15.3 Å². The van der Waals surface area contributed by atoms with Gasteiger partial charge in [-0.2, -0.15) is 0 Å². The molecule has 3 aromatic rings. The number of carbonyl (C=O) groups is 1. The number of imidazole rings is 1. The van der Waals surface area contributed by atoms with Crippen LogP contribution in [0.15, 0.2) is 47.6 Å². The molecule has 1 heterocycles. The second kappa shape index (κ2) is 7.44. The highest BCUT2D eigenvalue weighted by Gasteiger charge is 2.20. The molecule has 2 aromatic carbocycles. The van der Waals surface area contributed by atoms with Crippen LogP contribution in [0.2, 0.25) is 0 Å². The van der Waals surface area contributed by atoms with Crippen LogP contribution in [0.5, 0.6) is 5.75 Å². The zero-order valence-electron chi connectivity index (χ0n) is 14.1. The van der Waals surface area contributed by atoms with Crippen molar-refractivity contribution in [3.63, 3.8) is 0 Å². The van der Waals surface area contributed by atoms with Crippen LogP contribution >= 0.6 is 11.8 Å². The van der Waals surface area contributed by atoms with Crippen LogP contribution in [0, 0.1) is 10.1 Å². The molecular weight excluding hydrogens is 356 g/mol. The number of carbonyl (C=O) groups excluding carboxylic acids is 1. The highest BCUT2D eigenvalue weighted by molar-refractivity contribution is 8.00. The molecule has 8 nitrogen and oxygen atoms in total. The van der Waals surface area contributed by atoms with Crippen molar-refractivity contribution in [2.24, 2.45) is 0 Å². The molecule has 1 aromatic heterocycles. The number of non-ortho nitro benzene ring substituents is 1. The highest BCUT2D eigenvalue weighted by Crippen LogP contribution is 2.30. The van der Waals surface area contributed by atoms with Gasteiger partial charge in [0.25, 0.3) is 5.69 Å². The molecule has 0 aliphatic heterocycles. The van der Waals surface area contributed by atoms with Crippen LogP contribution in [0.1, 0.15) is 6.92 Å². The van der Waals surface area contributed by atoms with Gasteiger partial charge in [0.1, 0.15) is 5.75 Å². The van der Waals surface area contributed by atoms with Crippen molar-refractivity contribution >= 4 is 40.1 Å². The summed E-state index contributed by atoms with van der Waals surface area (Å²) in [5, 5.41) is 13.8. The molecule has 0 aliphatic rings. The molecule has 0 saturated carbocycles. The van der Waals surface area contributed by atoms with Gasteiger partial charge in [0.15, 0.2) is 5.16 Å². The van der Waals surface area contributed by atoms with Gasteiger partial charge in [-0.15, -0.1) is 0 Å². The maximum atomic E-state index is 12.5. The first kappa shape index (κ1) is 17.7. The molecule has 0 aliphatic carbocycles. The Balaban J connectivity index is 1.74. The SMILES string of the molecule is COc1ccc([N+](=O)[O-])cc1NC(=O)[C@H](C)Sc1nc2ccccc2[nH]1. The second-order valence-corrected chi connectivity index (χ2v) is 6.78. The number of hydrogen-bond acceptors (Lipinski definition) is 6. The number of H-pyrrole nitrogens is 1. The van der Waals surface area contributed by atoms with E-state index in [0.29, 0.717) is 10.9 Å². The summed E-state index contributed by atoms with van der Waals surface area (Å²) >= 11 is 1.27. The number of para-hydroxylation sites is 2. The first-order valence-electron chi connectivity index (χ1n) is 7.72. The Kier molecular flexibility index (Phi) is 5.08. The van der Waals surface area contributed by atoms with Crippen molar-refractivity contribution in [3.8, 4) is 5.75 Å². The number of ether oxygens (including phenoxy) is 1.